The average molecular weight is 409 g/mol. The molecule has 0 saturated heterocycles. The van der Waals surface area contributed by atoms with Crippen molar-refractivity contribution in [3.63, 3.8) is 0 Å². The summed E-state index contributed by atoms with van der Waals surface area (Å²) >= 11 is 0. The number of allylic oxidation sites excluding steroid dienone is 2. The number of hydrogen-bond donors (Lipinski definition) is 0. The van der Waals surface area contributed by atoms with Crippen LogP contribution in [0.4, 0.5) is 0 Å². The van der Waals surface area contributed by atoms with Gasteiger partial charge in [0.05, 0.1) is 5.92 Å². The minimum atomic E-state index is 0.0613. The number of hydrogen-bond acceptors (Lipinski definition) is 2. The molecule has 0 aliphatic rings. The van der Waals surface area contributed by atoms with Crippen molar-refractivity contribution in [2.24, 2.45) is 11.8 Å². The van der Waals surface area contributed by atoms with Crippen molar-refractivity contribution in [2.45, 2.75) is 143 Å². The Labute approximate surface area is 183 Å². The van der Waals surface area contributed by atoms with Gasteiger partial charge in [0.2, 0.25) is 0 Å². The van der Waals surface area contributed by atoms with Crippen LogP contribution in [0.25, 0.3) is 0 Å². The van der Waals surface area contributed by atoms with Gasteiger partial charge in [0.1, 0.15) is 6.10 Å². The topological polar surface area (TPSA) is 26.3 Å². The lowest BCUT2D eigenvalue weighted by molar-refractivity contribution is -0.155. The Balaban J connectivity index is 4.54. The van der Waals surface area contributed by atoms with Gasteiger partial charge in [-0.15, -0.1) is 0 Å². The van der Waals surface area contributed by atoms with Crippen molar-refractivity contribution in [1.82, 2.24) is 0 Å². The number of carbonyl (C=O) groups is 1. The summed E-state index contributed by atoms with van der Waals surface area (Å²) in [5.41, 5.74) is 0. The first-order valence-corrected chi connectivity index (χ1v) is 13.0. The Kier molecular flexibility index (Phi) is 19.9. The molecule has 0 saturated carbocycles. The summed E-state index contributed by atoms with van der Waals surface area (Å²) in [6.07, 6.45) is 23.5. The first-order valence-electron chi connectivity index (χ1n) is 13.0. The molecule has 0 amide bonds. The smallest absolute Gasteiger partial charge is 0.309 e. The van der Waals surface area contributed by atoms with Gasteiger partial charge in [-0.2, -0.15) is 0 Å². The van der Waals surface area contributed by atoms with E-state index in [1.54, 1.807) is 0 Å². The zero-order chi connectivity index (χ0) is 21.7. The zero-order valence-electron chi connectivity index (χ0n) is 20.5. The first-order chi connectivity index (χ1) is 14.1. The van der Waals surface area contributed by atoms with Gasteiger partial charge in [-0.25, -0.2) is 0 Å². The standard InChI is InChI=1S/C27H52O2/c1-6-10-13-15-17-19-22-25(21-18-16-14-11-7-2)27(28)29-26(9-4)23-24(5)20-12-8-3/h12,20,24-26H,6-11,13-19,21-23H2,1-5H3/b20-12-. The summed E-state index contributed by atoms with van der Waals surface area (Å²) in [7, 11) is 0. The third kappa shape index (κ3) is 16.7. The lowest BCUT2D eigenvalue weighted by Gasteiger charge is -2.23. The van der Waals surface area contributed by atoms with E-state index >= 15 is 0 Å². The van der Waals surface area contributed by atoms with Crippen LogP contribution in [0.5, 0.6) is 0 Å². The van der Waals surface area contributed by atoms with E-state index in [4.69, 9.17) is 4.74 Å². The molecule has 0 fully saturated rings. The third-order valence-electron chi connectivity index (χ3n) is 5.97. The predicted molar refractivity (Wildman–Crippen MR) is 128 cm³/mol. The van der Waals surface area contributed by atoms with E-state index in [0.717, 1.165) is 32.1 Å². The van der Waals surface area contributed by atoms with Crippen molar-refractivity contribution in [3.05, 3.63) is 12.2 Å². The minimum Gasteiger partial charge on any atom is -0.462 e. The van der Waals surface area contributed by atoms with Gasteiger partial charge < -0.3 is 4.74 Å². The summed E-state index contributed by atoms with van der Waals surface area (Å²) in [4.78, 5) is 13.0. The highest BCUT2D eigenvalue weighted by Gasteiger charge is 2.23. The minimum absolute atomic E-state index is 0.0613. The van der Waals surface area contributed by atoms with Crippen LogP contribution in [-0.2, 0) is 9.53 Å². The molecule has 0 aliphatic heterocycles. The quantitative estimate of drug-likeness (QED) is 0.114. The molecule has 0 radical (unpaired) electrons. The van der Waals surface area contributed by atoms with Crippen LogP contribution in [0.1, 0.15) is 137 Å². The van der Waals surface area contributed by atoms with Crippen LogP contribution in [0.15, 0.2) is 12.2 Å². The highest BCUT2D eigenvalue weighted by atomic mass is 16.5. The van der Waals surface area contributed by atoms with Gasteiger partial charge in [0.15, 0.2) is 0 Å². The molecular weight excluding hydrogens is 356 g/mol. The summed E-state index contributed by atoms with van der Waals surface area (Å²) in [6.45, 7) is 11.0. The highest BCUT2D eigenvalue weighted by Crippen LogP contribution is 2.23. The Morgan fingerprint density at radius 3 is 1.79 bits per heavy atom. The van der Waals surface area contributed by atoms with Crippen LogP contribution >= 0.6 is 0 Å². The summed E-state index contributed by atoms with van der Waals surface area (Å²) in [5, 5.41) is 0. The highest BCUT2D eigenvalue weighted by molar-refractivity contribution is 5.72. The molecule has 172 valence electrons. The van der Waals surface area contributed by atoms with E-state index in [2.05, 4.69) is 46.8 Å². The molecule has 0 heterocycles. The Bertz CT molecular complexity index is 388. The molecule has 0 aliphatic carbocycles. The molecule has 2 heteroatoms. The Morgan fingerprint density at radius 2 is 1.31 bits per heavy atom. The van der Waals surface area contributed by atoms with Crippen molar-refractivity contribution in [2.75, 3.05) is 0 Å². The third-order valence-corrected chi connectivity index (χ3v) is 5.97. The van der Waals surface area contributed by atoms with E-state index in [1.165, 1.54) is 70.6 Å². The number of esters is 1. The lowest BCUT2D eigenvalue weighted by atomic mass is 9.94. The molecule has 0 aromatic rings. The van der Waals surface area contributed by atoms with Crippen molar-refractivity contribution >= 4 is 5.97 Å². The van der Waals surface area contributed by atoms with Gasteiger partial charge in [-0.3, -0.25) is 4.79 Å². The SMILES string of the molecule is CC/C=C\C(C)CC(CC)OC(=O)C(CCCCCCC)CCCCCCCC. The van der Waals surface area contributed by atoms with Gasteiger partial charge in [-0.1, -0.05) is 117 Å². The largest absolute Gasteiger partial charge is 0.462 e. The van der Waals surface area contributed by atoms with Crippen LogP contribution in [-0.4, -0.2) is 12.1 Å². The maximum absolute atomic E-state index is 13.0. The molecule has 0 bridgehead atoms. The summed E-state index contributed by atoms with van der Waals surface area (Å²) in [5.74, 6) is 0.657. The first kappa shape index (κ1) is 28.2. The molecule has 0 N–H and O–H groups in total. The fourth-order valence-electron chi connectivity index (χ4n) is 3.97. The lowest BCUT2D eigenvalue weighted by Crippen LogP contribution is -2.25. The van der Waals surface area contributed by atoms with E-state index in [-0.39, 0.29) is 18.0 Å². The van der Waals surface area contributed by atoms with E-state index in [0.29, 0.717) is 5.92 Å². The monoisotopic (exact) mass is 408 g/mol. The number of ether oxygens (including phenoxy) is 1. The van der Waals surface area contributed by atoms with E-state index in [9.17, 15) is 4.79 Å². The van der Waals surface area contributed by atoms with Gasteiger partial charge in [-0.05, 0) is 38.0 Å². The van der Waals surface area contributed by atoms with Crippen molar-refractivity contribution < 1.29 is 9.53 Å². The molecular formula is C27H52O2. The van der Waals surface area contributed by atoms with E-state index < -0.39 is 0 Å². The number of carbonyl (C=O) groups excluding carboxylic acids is 1. The molecule has 2 nitrogen and oxygen atoms in total. The number of rotatable bonds is 20. The van der Waals surface area contributed by atoms with Crippen molar-refractivity contribution in [3.8, 4) is 0 Å². The average Bonchev–Trinajstić information content (AvgIpc) is 2.72. The molecule has 0 spiro atoms. The van der Waals surface area contributed by atoms with Gasteiger partial charge in [0.25, 0.3) is 0 Å². The second-order valence-electron chi connectivity index (χ2n) is 8.97. The molecule has 29 heavy (non-hydrogen) atoms. The molecule has 0 aromatic heterocycles. The van der Waals surface area contributed by atoms with Crippen molar-refractivity contribution in [1.29, 1.82) is 0 Å². The summed E-state index contributed by atoms with van der Waals surface area (Å²) in [6, 6.07) is 0. The molecule has 3 unspecified atom stereocenters. The molecule has 3 atom stereocenters. The van der Waals surface area contributed by atoms with Gasteiger partial charge >= 0.3 is 5.97 Å². The fourth-order valence-corrected chi connectivity index (χ4v) is 3.97. The number of unbranched alkanes of at least 4 members (excludes halogenated alkanes) is 9. The second kappa shape index (κ2) is 20.5. The maximum Gasteiger partial charge on any atom is 0.309 e. The van der Waals surface area contributed by atoms with Crippen LogP contribution in [0.3, 0.4) is 0 Å². The van der Waals surface area contributed by atoms with Crippen LogP contribution in [0, 0.1) is 11.8 Å². The second-order valence-corrected chi connectivity index (χ2v) is 8.97. The van der Waals surface area contributed by atoms with Crippen LogP contribution < -0.4 is 0 Å². The molecule has 0 aromatic carbocycles. The zero-order valence-corrected chi connectivity index (χ0v) is 20.5. The summed E-state index contributed by atoms with van der Waals surface area (Å²) < 4.78 is 6.01. The Hall–Kier alpha value is -0.790. The molecule has 0 rings (SSSR count). The normalized spacial score (nSPS) is 14.8. The fraction of sp³-hybridized carbons (Fsp3) is 0.889. The van der Waals surface area contributed by atoms with Crippen LogP contribution in [0.2, 0.25) is 0 Å². The van der Waals surface area contributed by atoms with Gasteiger partial charge in [0, 0.05) is 0 Å². The predicted octanol–water partition coefficient (Wildman–Crippen LogP) is 9.03. The Morgan fingerprint density at radius 1 is 0.793 bits per heavy atom. The maximum atomic E-state index is 13.0. The van der Waals surface area contributed by atoms with E-state index in [1.807, 2.05) is 0 Å².